The maximum absolute atomic E-state index is 13.7. The molecule has 0 saturated carbocycles. The first-order valence-corrected chi connectivity index (χ1v) is 7.98. The van der Waals surface area contributed by atoms with E-state index in [4.69, 9.17) is 11.1 Å². The maximum Gasteiger partial charge on any atom is 0.471 e. The highest BCUT2D eigenvalue weighted by molar-refractivity contribution is 5.94. The van der Waals surface area contributed by atoms with E-state index in [-0.39, 0.29) is 30.1 Å². The molecule has 3 nitrogen and oxygen atoms in total. The standard InChI is InChI=1S/C15H7F17N2O.ClH/c16-8(17,10(20,21)12(24,25)14(28,29)30)9(18,19)11(22,23)13(26,27)15(31,32)35-6-3-1-5(2-4-6)7(33)34;/h1-4H,(H3,33,34);1H. The normalized spacial score (nSPS) is 14.8. The predicted octanol–water partition coefficient (Wildman–Crippen LogP) is 6.74. The van der Waals surface area contributed by atoms with Crippen LogP contribution in [0.15, 0.2) is 24.3 Å². The molecular formula is C15H8ClF17N2O. The van der Waals surface area contributed by atoms with E-state index in [1.54, 1.807) is 0 Å². The first kappa shape index (κ1) is 33.6. The molecule has 0 amide bonds. The van der Waals surface area contributed by atoms with E-state index >= 15 is 0 Å². The van der Waals surface area contributed by atoms with E-state index in [0.29, 0.717) is 12.1 Å². The van der Waals surface area contributed by atoms with Gasteiger partial charge in [0.15, 0.2) is 0 Å². The number of ether oxygens (including phenoxy) is 1. The average molecular weight is 591 g/mol. The van der Waals surface area contributed by atoms with E-state index in [1.807, 2.05) is 0 Å². The van der Waals surface area contributed by atoms with Gasteiger partial charge < -0.3 is 10.5 Å². The lowest BCUT2D eigenvalue weighted by atomic mass is 9.90. The predicted molar refractivity (Wildman–Crippen MR) is 86.0 cm³/mol. The third-order valence-corrected chi connectivity index (χ3v) is 4.10. The minimum absolute atomic E-state index is 0. The summed E-state index contributed by atoms with van der Waals surface area (Å²) in [5.41, 5.74) is 4.60. The molecule has 1 aromatic carbocycles. The molecule has 0 heterocycles. The minimum Gasteiger partial charge on any atom is -0.428 e. The Balaban J connectivity index is 0.0000122. The van der Waals surface area contributed by atoms with Crippen molar-refractivity contribution in [3.63, 3.8) is 0 Å². The molecule has 21 heteroatoms. The van der Waals surface area contributed by atoms with E-state index in [9.17, 15) is 74.6 Å². The second-order valence-corrected chi connectivity index (χ2v) is 6.50. The molecule has 0 radical (unpaired) electrons. The van der Waals surface area contributed by atoms with Gasteiger partial charge in [-0.3, -0.25) is 5.41 Å². The monoisotopic (exact) mass is 590 g/mol. The molecule has 0 atom stereocenters. The van der Waals surface area contributed by atoms with Gasteiger partial charge in [0.2, 0.25) is 0 Å². The Morgan fingerprint density at radius 1 is 0.556 bits per heavy atom. The number of halogens is 18. The number of nitrogen functional groups attached to an aromatic ring is 1. The first-order valence-electron chi connectivity index (χ1n) is 7.98. The summed E-state index contributed by atoms with van der Waals surface area (Å²) >= 11 is 0. The van der Waals surface area contributed by atoms with Gasteiger partial charge in [-0.05, 0) is 24.3 Å². The zero-order valence-corrected chi connectivity index (χ0v) is 16.9. The molecule has 0 unspecified atom stereocenters. The lowest BCUT2D eigenvalue weighted by Crippen LogP contribution is -2.74. The van der Waals surface area contributed by atoms with Crippen LogP contribution in [0.5, 0.6) is 5.75 Å². The molecule has 1 aromatic rings. The Morgan fingerprint density at radius 2 is 0.861 bits per heavy atom. The van der Waals surface area contributed by atoms with E-state index in [1.165, 1.54) is 0 Å². The lowest BCUT2D eigenvalue weighted by molar-refractivity contribution is -0.471. The van der Waals surface area contributed by atoms with Gasteiger partial charge in [0.25, 0.3) is 0 Å². The summed E-state index contributed by atoms with van der Waals surface area (Å²) in [5, 5.41) is 6.96. The molecule has 0 aliphatic carbocycles. The van der Waals surface area contributed by atoms with Crippen LogP contribution in [0.3, 0.4) is 0 Å². The molecule has 0 aromatic heterocycles. The Kier molecular flexibility index (Phi) is 8.55. The fraction of sp³-hybridized carbons (Fsp3) is 0.533. The number of benzene rings is 1. The molecule has 0 aliphatic heterocycles. The Labute approximate surface area is 193 Å². The van der Waals surface area contributed by atoms with Crippen molar-refractivity contribution in [2.45, 2.75) is 47.8 Å². The average Bonchev–Trinajstić information content (AvgIpc) is 2.66. The fourth-order valence-corrected chi connectivity index (χ4v) is 2.06. The maximum atomic E-state index is 13.7. The zero-order valence-electron chi connectivity index (χ0n) is 16.1. The van der Waals surface area contributed by atoms with Crippen LogP contribution in [0, 0.1) is 5.41 Å². The van der Waals surface area contributed by atoms with Crippen molar-refractivity contribution in [3.8, 4) is 5.75 Å². The van der Waals surface area contributed by atoms with Crippen molar-refractivity contribution in [1.82, 2.24) is 0 Å². The van der Waals surface area contributed by atoms with Crippen molar-refractivity contribution in [2.75, 3.05) is 0 Å². The molecule has 210 valence electrons. The highest BCUT2D eigenvalue weighted by Gasteiger charge is 2.95. The van der Waals surface area contributed by atoms with Crippen molar-refractivity contribution in [2.24, 2.45) is 5.73 Å². The summed E-state index contributed by atoms with van der Waals surface area (Å²) in [6.45, 7) is 0. The van der Waals surface area contributed by atoms with Crippen LogP contribution >= 0.6 is 12.4 Å². The van der Waals surface area contributed by atoms with Crippen molar-refractivity contribution in [3.05, 3.63) is 29.8 Å². The van der Waals surface area contributed by atoms with Gasteiger partial charge in [0.1, 0.15) is 11.6 Å². The van der Waals surface area contributed by atoms with Crippen molar-refractivity contribution in [1.29, 1.82) is 5.41 Å². The van der Waals surface area contributed by atoms with Crippen LogP contribution in [0.4, 0.5) is 74.6 Å². The Bertz CT molecular complexity index is 942. The smallest absolute Gasteiger partial charge is 0.428 e. The largest absolute Gasteiger partial charge is 0.471 e. The van der Waals surface area contributed by atoms with Crippen molar-refractivity contribution >= 4 is 18.2 Å². The third-order valence-electron chi connectivity index (χ3n) is 4.10. The molecule has 36 heavy (non-hydrogen) atoms. The lowest BCUT2D eigenvalue weighted by Gasteiger charge is -2.42. The van der Waals surface area contributed by atoms with Crippen LogP contribution in [0.25, 0.3) is 0 Å². The molecule has 0 aliphatic rings. The number of nitrogens with two attached hydrogens (primary N) is 1. The van der Waals surface area contributed by atoms with E-state index < -0.39 is 59.4 Å². The van der Waals surface area contributed by atoms with Gasteiger partial charge in [-0.15, -0.1) is 12.4 Å². The SMILES string of the molecule is Cl.N=C(N)c1ccc(OC(F)(F)C(F)(F)C(F)(F)C(F)(F)C(F)(F)C(F)(F)C(F)(F)C(F)(F)F)cc1. The number of hydrogen-bond donors (Lipinski definition) is 2. The van der Waals surface area contributed by atoms with Gasteiger partial charge in [-0.1, -0.05) is 0 Å². The zero-order chi connectivity index (χ0) is 28.3. The summed E-state index contributed by atoms with van der Waals surface area (Å²) in [4.78, 5) is 0. The van der Waals surface area contributed by atoms with Gasteiger partial charge in [-0.2, -0.15) is 74.6 Å². The molecule has 0 saturated heterocycles. The van der Waals surface area contributed by atoms with Crippen LogP contribution in [0.2, 0.25) is 0 Å². The van der Waals surface area contributed by atoms with Crippen LogP contribution in [-0.4, -0.2) is 53.7 Å². The molecule has 0 fully saturated rings. The van der Waals surface area contributed by atoms with E-state index in [2.05, 4.69) is 4.74 Å². The number of alkyl halides is 17. The Hall–Kier alpha value is -2.41. The van der Waals surface area contributed by atoms with Gasteiger partial charge >= 0.3 is 47.8 Å². The van der Waals surface area contributed by atoms with Crippen LogP contribution < -0.4 is 10.5 Å². The van der Waals surface area contributed by atoms with Crippen LogP contribution in [-0.2, 0) is 0 Å². The summed E-state index contributed by atoms with van der Waals surface area (Å²) in [6.07, 6.45) is -14.8. The van der Waals surface area contributed by atoms with Gasteiger partial charge in [0, 0.05) is 5.56 Å². The minimum atomic E-state index is -8.70. The highest BCUT2D eigenvalue weighted by Crippen LogP contribution is 2.63. The Morgan fingerprint density at radius 3 is 1.17 bits per heavy atom. The first-order chi connectivity index (χ1) is 15.1. The summed E-state index contributed by atoms with van der Waals surface area (Å²) < 4.78 is 226. The van der Waals surface area contributed by atoms with Gasteiger partial charge in [-0.25, -0.2) is 0 Å². The highest BCUT2D eigenvalue weighted by atomic mass is 35.5. The summed E-state index contributed by atoms with van der Waals surface area (Å²) in [6, 6.07) is 1.44. The quantitative estimate of drug-likeness (QED) is 0.190. The molecule has 0 spiro atoms. The summed E-state index contributed by atoms with van der Waals surface area (Å²) in [5.74, 6) is -52.9. The second-order valence-electron chi connectivity index (χ2n) is 6.50. The second kappa shape index (κ2) is 9.16. The summed E-state index contributed by atoms with van der Waals surface area (Å²) in [7, 11) is 0. The number of nitrogens with one attached hydrogen (secondary N) is 1. The van der Waals surface area contributed by atoms with E-state index in [0.717, 1.165) is 0 Å². The van der Waals surface area contributed by atoms with Crippen LogP contribution in [0.1, 0.15) is 5.56 Å². The number of amidine groups is 1. The molecule has 1 rings (SSSR count). The molecule has 3 N–H and O–H groups in total. The fourth-order valence-electron chi connectivity index (χ4n) is 2.06. The molecule has 0 bridgehead atoms. The number of rotatable bonds is 9. The van der Waals surface area contributed by atoms with Crippen molar-refractivity contribution < 1.29 is 79.4 Å². The third kappa shape index (κ3) is 4.67. The van der Waals surface area contributed by atoms with Gasteiger partial charge in [0.05, 0.1) is 0 Å². The molecular weight excluding hydrogens is 583 g/mol. The number of hydrogen-bond acceptors (Lipinski definition) is 2. The topological polar surface area (TPSA) is 59.1 Å².